The molecule has 0 radical (unpaired) electrons. The van der Waals surface area contributed by atoms with Crippen LogP contribution in [0.2, 0.25) is 0 Å². The molecule has 0 aliphatic heterocycles. The van der Waals surface area contributed by atoms with E-state index in [1.54, 1.807) is 44.0 Å². The Kier molecular flexibility index (Phi) is 3.65. The Labute approximate surface area is 138 Å². The fourth-order valence-corrected chi connectivity index (χ4v) is 2.91. The van der Waals surface area contributed by atoms with Gasteiger partial charge in [0.1, 0.15) is 11.6 Å². The Morgan fingerprint density at radius 3 is 2.29 bits per heavy atom. The van der Waals surface area contributed by atoms with E-state index in [0.29, 0.717) is 23.3 Å². The smallest absolute Gasteiger partial charge is 0.197 e. The van der Waals surface area contributed by atoms with Gasteiger partial charge in [-0.25, -0.2) is 24.3 Å². The molecule has 2 atom stereocenters. The first kappa shape index (κ1) is 14.7. The second kappa shape index (κ2) is 5.96. The molecule has 1 aliphatic rings. The number of ether oxygens (including phenoxy) is 1. The van der Waals surface area contributed by atoms with Gasteiger partial charge in [0, 0.05) is 30.9 Å². The Morgan fingerprint density at radius 1 is 0.917 bits per heavy atom. The maximum atomic E-state index is 13.7. The number of hydrogen-bond donors (Lipinski definition) is 0. The van der Waals surface area contributed by atoms with E-state index in [4.69, 9.17) is 4.74 Å². The first-order valence-corrected chi connectivity index (χ1v) is 7.68. The topological polar surface area (TPSA) is 60.8 Å². The van der Waals surface area contributed by atoms with Crippen LogP contribution < -0.4 is 4.74 Å². The number of hydrogen-bond acceptors (Lipinski definition) is 5. The van der Waals surface area contributed by atoms with Crippen LogP contribution in [-0.4, -0.2) is 27.0 Å². The predicted molar refractivity (Wildman–Crippen MR) is 86.1 cm³/mol. The molecule has 1 fully saturated rings. The predicted octanol–water partition coefficient (Wildman–Crippen LogP) is 3.35. The van der Waals surface area contributed by atoms with E-state index in [1.165, 1.54) is 6.07 Å². The lowest BCUT2D eigenvalue weighted by atomic mass is 10.1. The van der Waals surface area contributed by atoms with Gasteiger partial charge in [-0.1, -0.05) is 0 Å². The highest BCUT2D eigenvalue weighted by Gasteiger charge is 2.40. The van der Waals surface area contributed by atoms with Gasteiger partial charge < -0.3 is 4.74 Å². The van der Waals surface area contributed by atoms with Crippen molar-refractivity contribution >= 4 is 0 Å². The number of benzene rings is 1. The first-order chi connectivity index (χ1) is 11.7. The number of halogens is 1. The molecule has 0 N–H and O–H groups in total. The van der Waals surface area contributed by atoms with E-state index in [1.807, 2.05) is 6.07 Å². The van der Waals surface area contributed by atoms with E-state index < -0.39 is 0 Å². The largest absolute Gasteiger partial charge is 0.497 e. The third kappa shape index (κ3) is 2.82. The number of nitrogens with zero attached hydrogens (tertiary/aromatic N) is 4. The zero-order chi connectivity index (χ0) is 16.5. The van der Waals surface area contributed by atoms with Crippen molar-refractivity contribution in [3.05, 3.63) is 66.0 Å². The minimum absolute atomic E-state index is 0.275. The molecule has 4 rings (SSSR count). The molecule has 120 valence electrons. The van der Waals surface area contributed by atoms with Crippen LogP contribution in [0.15, 0.2) is 49.1 Å². The van der Waals surface area contributed by atoms with Crippen molar-refractivity contribution < 1.29 is 9.13 Å². The summed E-state index contributed by atoms with van der Waals surface area (Å²) in [5.41, 5.74) is 2.00. The second-order valence-electron chi connectivity index (χ2n) is 5.79. The summed E-state index contributed by atoms with van der Waals surface area (Å²) < 4.78 is 18.8. The average Bonchev–Trinajstić information content (AvgIpc) is 3.43. The van der Waals surface area contributed by atoms with E-state index in [0.717, 1.165) is 17.5 Å². The van der Waals surface area contributed by atoms with Gasteiger partial charge in [-0.3, -0.25) is 0 Å². The molecule has 1 aliphatic carbocycles. The molecule has 0 bridgehead atoms. The van der Waals surface area contributed by atoms with Crippen LogP contribution in [0.1, 0.15) is 29.4 Å². The summed E-state index contributed by atoms with van der Waals surface area (Å²) in [6, 6.07) is 6.60. The summed E-state index contributed by atoms with van der Waals surface area (Å²) in [6.45, 7) is 0. The fourth-order valence-electron chi connectivity index (χ4n) is 2.91. The Morgan fingerprint density at radius 2 is 1.58 bits per heavy atom. The Balaban J connectivity index is 1.53. The minimum Gasteiger partial charge on any atom is -0.497 e. The van der Waals surface area contributed by atoms with Gasteiger partial charge >= 0.3 is 0 Å². The van der Waals surface area contributed by atoms with E-state index in [-0.39, 0.29) is 11.7 Å². The molecule has 1 aromatic carbocycles. The van der Waals surface area contributed by atoms with Crippen molar-refractivity contribution in [2.75, 3.05) is 7.11 Å². The monoisotopic (exact) mass is 322 g/mol. The van der Waals surface area contributed by atoms with Crippen LogP contribution in [0.3, 0.4) is 0 Å². The van der Waals surface area contributed by atoms with Crippen molar-refractivity contribution in [2.24, 2.45) is 0 Å². The highest BCUT2D eigenvalue weighted by Crippen LogP contribution is 2.54. The molecule has 0 unspecified atom stereocenters. The molecule has 0 amide bonds. The van der Waals surface area contributed by atoms with E-state index in [2.05, 4.69) is 19.9 Å². The quantitative estimate of drug-likeness (QED) is 0.737. The summed E-state index contributed by atoms with van der Waals surface area (Å²) in [5.74, 6) is 1.86. The van der Waals surface area contributed by atoms with Gasteiger partial charge in [-0.05, 0) is 47.6 Å². The van der Waals surface area contributed by atoms with Crippen LogP contribution in [0.4, 0.5) is 4.39 Å². The van der Waals surface area contributed by atoms with Gasteiger partial charge in [-0.2, -0.15) is 0 Å². The molecule has 3 aromatic rings. The van der Waals surface area contributed by atoms with Crippen molar-refractivity contribution in [2.45, 2.75) is 18.3 Å². The summed E-state index contributed by atoms with van der Waals surface area (Å²) in [5, 5.41) is 0. The summed E-state index contributed by atoms with van der Waals surface area (Å²) >= 11 is 0. The molecule has 6 heteroatoms. The number of rotatable bonds is 4. The zero-order valence-corrected chi connectivity index (χ0v) is 13.1. The molecular formula is C18H15FN4O. The normalized spacial score (nSPS) is 19.1. The second-order valence-corrected chi connectivity index (χ2v) is 5.79. The molecule has 0 spiro atoms. The lowest BCUT2D eigenvalue weighted by molar-refractivity contribution is 0.410. The van der Waals surface area contributed by atoms with Crippen LogP contribution in [-0.2, 0) is 0 Å². The number of methoxy groups -OCH3 is 1. The van der Waals surface area contributed by atoms with Gasteiger partial charge in [0.05, 0.1) is 7.11 Å². The summed E-state index contributed by atoms with van der Waals surface area (Å²) in [6.07, 6.45) is 7.89. The molecular weight excluding hydrogens is 307 g/mol. The van der Waals surface area contributed by atoms with Crippen LogP contribution >= 0.6 is 0 Å². The summed E-state index contributed by atoms with van der Waals surface area (Å²) in [4.78, 5) is 17.0. The minimum atomic E-state index is -0.275. The molecule has 2 aromatic heterocycles. The fraction of sp³-hybridized carbons (Fsp3) is 0.222. The van der Waals surface area contributed by atoms with Crippen LogP contribution in [0, 0.1) is 5.82 Å². The van der Waals surface area contributed by atoms with Crippen molar-refractivity contribution in [1.82, 2.24) is 19.9 Å². The van der Waals surface area contributed by atoms with Crippen molar-refractivity contribution in [3.8, 4) is 17.4 Å². The molecule has 1 saturated carbocycles. The van der Waals surface area contributed by atoms with Gasteiger partial charge in [0.2, 0.25) is 0 Å². The van der Waals surface area contributed by atoms with Crippen molar-refractivity contribution in [3.63, 3.8) is 0 Å². The maximum absolute atomic E-state index is 13.7. The molecule has 5 nitrogen and oxygen atoms in total. The van der Waals surface area contributed by atoms with Crippen molar-refractivity contribution in [1.29, 1.82) is 0 Å². The highest BCUT2D eigenvalue weighted by atomic mass is 19.1. The van der Waals surface area contributed by atoms with Gasteiger partial charge in [0.15, 0.2) is 11.6 Å². The zero-order valence-electron chi connectivity index (χ0n) is 13.1. The molecule has 2 heterocycles. The SMILES string of the molecule is COc1cc(F)cc([C@H]2C[C@H]2c2cnc(-c3ncccn3)nc2)c1. The number of aromatic nitrogens is 4. The highest BCUT2D eigenvalue weighted by molar-refractivity contribution is 5.43. The molecule has 24 heavy (non-hydrogen) atoms. The molecule has 0 saturated heterocycles. The maximum Gasteiger partial charge on any atom is 0.197 e. The van der Waals surface area contributed by atoms with E-state index in [9.17, 15) is 4.39 Å². The Bertz CT molecular complexity index is 855. The van der Waals surface area contributed by atoms with E-state index >= 15 is 0 Å². The average molecular weight is 322 g/mol. The standard InChI is InChI=1S/C18H15FN4O/c1-24-14-6-11(5-13(19)7-14)15-8-16(15)12-9-22-18(23-10-12)17-20-3-2-4-21-17/h2-7,9-10,15-16H,8H2,1H3/t15-,16+/m1/s1. The summed E-state index contributed by atoms with van der Waals surface area (Å²) in [7, 11) is 1.54. The van der Waals surface area contributed by atoms with Gasteiger partial charge in [0.25, 0.3) is 0 Å². The third-order valence-corrected chi connectivity index (χ3v) is 4.21. The van der Waals surface area contributed by atoms with Gasteiger partial charge in [-0.15, -0.1) is 0 Å². The lowest BCUT2D eigenvalue weighted by Crippen LogP contribution is -1.96. The van der Waals surface area contributed by atoms with Crippen LogP contribution in [0.25, 0.3) is 11.6 Å². The lowest BCUT2D eigenvalue weighted by Gasteiger charge is -2.05. The third-order valence-electron chi connectivity index (χ3n) is 4.21. The first-order valence-electron chi connectivity index (χ1n) is 7.68. The Hall–Kier alpha value is -2.89. The van der Waals surface area contributed by atoms with Crippen LogP contribution in [0.5, 0.6) is 5.75 Å².